The van der Waals surface area contributed by atoms with Gasteiger partial charge in [0.1, 0.15) is 5.69 Å². The van der Waals surface area contributed by atoms with Crippen LogP contribution in [-0.4, -0.2) is 45.4 Å². The highest BCUT2D eigenvalue weighted by Gasteiger charge is 2.33. The molecule has 5 heteroatoms. The fourth-order valence-electron chi connectivity index (χ4n) is 3.91. The van der Waals surface area contributed by atoms with Crippen LogP contribution in [0.1, 0.15) is 49.0 Å². The van der Waals surface area contributed by atoms with Crippen molar-refractivity contribution in [2.24, 2.45) is 11.8 Å². The topological polar surface area (TPSA) is 58.4 Å². The fourth-order valence-corrected chi connectivity index (χ4v) is 3.91. The van der Waals surface area contributed by atoms with Gasteiger partial charge in [-0.2, -0.15) is 5.10 Å². The molecule has 3 rings (SSSR count). The summed E-state index contributed by atoms with van der Waals surface area (Å²) in [7, 11) is 0. The molecule has 0 radical (unpaired) electrons. The number of likely N-dealkylation sites (tertiary alicyclic amines) is 1. The molecular weight excluding hydrogens is 266 g/mol. The summed E-state index contributed by atoms with van der Waals surface area (Å²) in [6, 6.07) is 1.76. The van der Waals surface area contributed by atoms with E-state index < -0.39 is 0 Å². The van der Waals surface area contributed by atoms with Crippen LogP contribution in [0.3, 0.4) is 0 Å². The highest BCUT2D eigenvalue weighted by Crippen LogP contribution is 2.35. The van der Waals surface area contributed by atoms with E-state index in [1.807, 2.05) is 4.90 Å². The van der Waals surface area contributed by atoms with Gasteiger partial charge in [-0.25, -0.2) is 0 Å². The summed E-state index contributed by atoms with van der Waals surface area (Å²) in [5, 5.41) is 13.2. The van der Waals surface area contributed by atoms with Gasteiger partial charge in [0.25, 0.3) is 5.91 Å². The van der Waals surface area contributed by atoms with Crippen molar-refractivity contribution < 1.29 is 9.90 Å². The van der Waals surface area contributed by atoms with E-state index in [0.717, 1.165) is 25.4 Å². The zero-order valence-electron chi connectivity index (χ0n) is 12.6. The molecule has 0 unspecified atom stereocenters. The van der Waals surface area contributed by atoms with E-state index in [-0.39, 0.29) is 12.5 Å². The van der Waals surface area contributed by atoms with Gasteiger partial charge in [0.15, 0.2) is 0 Å². The molecule has 21 heavy (non-hydrogen) atoms. The molecule has 0 aromatic carbocycles. The molecule has 1 N–H and O–H groups in total. The Hall–Kier alpha value is -1.36. The average Bonchev–Trinajstić information content (AvgIpc) is 3.17. The van der Waals surface area contributed by atoms with Crippen LogP contribution in [-0.2, 0) is 6.54 Å². The van der Waals surface area contributed by atoms with Crippen molar-refractivity contribution >= 4 is 5.91 Å². The average molecular weight is 291 g/mol. The molecule has 1 saturated carbocycles. The Morgan fingerprint density at radius 2 is 2.05 bits per heavy atom. The second-order valence-corrected chi connectivity index (χ2v) is 6.36. The van der Waals surface area contributed by atoms with Crippen LogP contribution in [0, 0.1) is 11.8 Å². The molecule has 2 fully saturated rings. The Morgan fingerprint density at radius 3 is 2.81 bits per heavy atom. The minimum Gasteiger partial charge on any atom is -0.394 e. The molecule has 1 aromatic rings. The maximum atomic E-state index is 12.6. The molecule has 1 amide bonds. The summed E-state index contributed by atoms with van der Waals surface area (Å²) < 4.78 is 1.61. The monoisotopic (exact) mass is 291 g/mol. The fraction of sp³-hybridized carbons (Fsp3) is 0.750. The summed E-state index contributed by atoms with van der Waals surface area (Å²) in [6.45, 7) is 2.15. The van der Waals surface area contributed by atoms with Gasteiger partial charge in [-0.3, -0.25) is 9.48 Å². The third-order valence-corrected chi connectivity index (χ3v) is 5.08. The van der Waals surface area contributed by atoms with Crippen molar-refractivity contribution in [1.29, 1.82) is 0 Å². The standard InChI is InChI=1S/C16H25N3O2/c20-11-10-19-15(6-8-17-19)16(21)18-9-7-14(12-18)13-4-2-1-3-5-13/h6,8,13-14,20H,1-5,7,9-12H2/t14-/m0/s1. The minimum absolute atomic E-state index is 0.00661. The first kappa shape index (κ1) is 14.6. The zero-order chi connectivity index (χ0) is 14.7. The first-order chi connectivity index (χ1) is 10.3. The van der Waals surface area contributed by atoms with Crippen molar-refractivity contribution in [3.05, 3.63) is 18.0 Å². The highest BCUT2D eigenvalue weighted by atomic mass is 16.3. The Labute approximate surface area is 125 Å². The van der Waals surface area contributed by atoms with E-state index in [2.05, 4.69) is 5.10 Å². The highest BCUT2D eigenvalue weighted by molar-refractivity contribution is 5.92. The molecule has 2 heterocycles. The van der Waals surface area contributed by atoms with Crippen LogP contribution >= 0.6 is 0 Å². The molecule has 1 aliphatic heterocycles. The lowest BCUT2D eigenvalue weighted by Gasteiger charge is -2.27. The molecular formula is C16H25N3O2. The molecule has 5 nitrogen and oxygen atoms in total. The number of aromatic nitrogens is 2. The van der Waals surface area contributed by atoms with Gasteiger partial charge >= 0.3 is 0 Å². The smallest absolute Gasteiger partial charge is 0.272 e. The summed E-state index contributed by atoms with van der Waals surface area (Å²) in [5.74, 6) is 1.57. The van der Waals surface area contributed by atoms with Crippen LogP contribution in [0.4, 0.5) is 0 Å². The van der Waals surface area contributed by atoms with E-state index in [0.29, 0.717) is 18.2 Å². The Kier molecular flexibility index (Phi) is 4.58. The summed E-state index contributed by atoms with van der Waals surface area (Å²) in [4.78, 5) is 14.6. The van der Waals surface area contributed by atoms with E-state index in [1.165, 1.54) is 32.1 Å². The van der Waals surface area contributed by atoms with Crippen molar-refractivity contribution in [2.45, 2.75) is 45.1 Å². The first-order valence-corrected chi connectivity index (χ1v) is 8.21. The quantitative estimate of drug-likeness (QED) is 0.922. The lowest BCUT2D eigenvalue weighted by Crippen LogP contribution is -2.32. The number of carbonyl (C=O) groups excluding carboxylic acids is 1. The summed E-state index contributed by atoms with van der Waals surface area (Å²) in [6.07, 6.45) is 9.56. The molecule has 116 valence electrons. The number of aliphatic hydroxyl groups excluding tert-OH is 1. The number of amides is 1. The predicted molar refractivity (Wildman–Crippen MR) is 79.9 cm³/mol. The molecule has 1 saturated heterocycles. The Morgan fingerprint density at radius 1 is 1.24 bits per heavy atom. The van der Waals surface area contributed by atoms with E-state index in [9.17, 15) is 4.79 Å². The van der Waals surface area contributed by atoms with Crippen LogP contribution < -0.4 is 0 Å². The first-order valence-electron chi connectivity index (χ1n) is 8.21. The molecule has 1 atom stereocenters. The number of hydrogen-bond donors (Lipinski definition) is 1. The number of rotatable bonds is 4. The minimum atomic E-state index is 0.00661. The Bertz CT molecular complexity index is 480. The Balaban J connectivity index is 1.62. The van der Waals surface area contributed by atoms with E-state index in [1.54, 1.807) is 16.9 Å². The van der Waals surface area contributed by atoms with Crippen molar-refractivity contribution in [2.75, 3.05) is 19.7 Å². The number of hydrogen-bond acceptors (Lipinski definition) is 3. The molecule has 1 aromatic heterocycles. The number of carbonyl (C=O) groups is 1. The lowest BCUT2D eigenvalue weighted by atomic mass is 9.80. The van der Waals surface area contributed by atoms with Gasteiger partial charge in [-0.15, -0.1) is 0 Å². The van der Waals surface area contributed by atoms with Crippen LogP contribution in [0.25, 0.3) is 0 Å². The SMILES string of the molecule is O=C(c1ccnn1CCO)N1CC[C@H](C2CCCCC2)C1. The van der Waals surface area contributed by atoms with Gasteiger partial charge < -0.3 is 10.0 Å². The van der Waals surface area contributed by atoms with Crippen molar-refractivity contribution in [3.63, 3.8) is 0 Å². The summed E-state index contributed by atoms with van der Waals surface area (Å²) in [5.41, 5.74) is 0.605. The van der Waals surface area contributed by atoms with Gasteiger partial charge in [0.05, 0.1) is 13.2 Å². The predicted octanol–water partition coefficient (Wildman–Crippen LogP) is 1.92. The van der Waals surface area contributed by atoms with Gasteiger partial charge in [0, 0.05) is 19.3 Å². The zero-order valence-corrected chi connectivity index (χ0v) is 12.6. The third-order valence-electron chi connectivity index (χ3n) is 5.08. The largest absolute Gasteiger partial charge is 0.394 e. The number of aliphatic hydroxyl groups is 1. The van der Waals surface area contributed by atoms with Gasteiger partial charge in [-0.05, 0) is 24.3 Å². The van der Waals surface area contributed by atoms with Crippen LogP contribution in [0.5, 0.6) is 0 Å². The lowest BCUT2D eigenvalue weighted by molar-refractivity contribution is 0.0765. The molecule has 0 spiro atoms. The van der Waals surface area contributed by atoms with Crippen molar-refractivity contribution in [3.8, 4) is 0 Å². The van der Waals surface area contributed by atoms with Crippen LogP contribution in [0.2, 0.25) is 0 Å². The maximum absolute atomic E-state index is 12.6. The van der Waals surface area contributed by atoms with E-state index >= 15 is 0 Å². The van der Waals surface area contributed by atoms with Gasteiger partial charge in [0.2, 0.25) is 0 Å². The third kappa shape index (κ3) is 3.12. The number of nitrogens with zero attached hydrogens (tertiary/aromatic N) is 3. The van der Waals surface area contributed by atoms with E-state index in [4.69, 9.17) is 5.11 Å². The molecule has 0 bridgehead atoms. The summed E-state index contributed by atoms with van der Waals surface area (Å²) >= 11 is 0. The van der Waals surface area contributed by atoms with Crippen LogP contribution in [0.15, 0.2) is 12.3 Å². The maximum Gasteiger partial charge on any atom is 0.272 e. The second-order valence-electron chi connectivity index (χ2n) is 6.36. The van der Waals surface area contributed by atoms with Gasteiger partial charge in [-0.1, -0.05) is 32.1 Å². The normalized spacial score (nSPS) is 23.7. The molecule has 1 aliphatic carbocycles. The second kappa shape index (κ2) is 6.60. The van der Waals surface area contributed by atoms with Crippen molar-refractivity contribution in [1.82, 2.24) is 14.7 Å². The molecule has 2 aliphatic rings.